The van der Waals surface area contributed by atoms with Gasteiger partial charge in [0, 0.05) is 26.2 Å². The summed E-state index contributed by atoms with van der Waals surface area (Å²) in [6, 6.07) is 0. The van der Waals surface area contributed by atoms with E-state index in [4.69, 9.17) is 5.11 Å². The Bertz CT molecular complexity index is 532. The van der Waals surface area contributed by atoms with Crippen molar-refractivity contribution in [1.29, 1.82) is 0 Å². The van der Waals surface area contributed by atoms with Gasteiger partial charge in [-0.2, -0.15) is 17.0 Å². The van der Waals surface area contributed by atoms with Gasteiger partial charge in [-0.05, 0) is 43.9 Å². The van der Waals surface area contributed by atoms with E-state index in [1.165, 1.54) is 36.4 Å². The van der Waals surface area contributed by atoms with Crippen molar-refractivity contribution in [2.45, 2.75) is 57.8 Å². The van der Waals surface area contributed by atoms with Crippen LogP contribution in [0.5, 0.6) is 0 Å². The molecule has 1 atom stereocenters. The molecule has 0 aromatic heterocycles. The average molecular weight is 344 g/mol. The van der Waals surface area contributed by atoms with Crippen molar-refractivity contribution in [3.63, 3.8) is 0 Å². The second-order valence-electron chi connectivity index (χ2n) is 7.50. The average Bonchev–Trinajstić information content (AvgIpc) is 2.56. The molecule has 1 N–H and O–H groups in total. The molecule has 0 aromatic rings. The topological polar surface area (TPSA) is 77.9 Å². The second kappa shape index (κ2) is 6.69. The van der Waals surface area contributed by atoms with Crippen molar-refractivity contribution >= 4 is 16.2 Å². The molecule has 0 aromatic carbocycles. The van der Waals surface area contributed by atoms with Crippen LogP contribution in [0.1, 0.15) is 57.8 Å². The lowest BCUT2D eigenvalue weighted by Gasteiger charge is -2.45. The van der Waals surface area contributed by atoms with E-state index in [2.05, 4.69) is 0 Å². The standard InChI is InChI=1S/C16H28N2O4S/c19-15(20)14-5-4-10-18(13-14)23(21,22)17-11-8-16(9-12-17)6-2-1-3-7-16/h14H,1-13H2,(H,19,20). The Kier molecular flexibility index (Phi) is 4.99. The van der Waals surface area contributed by atoms with E-state index >= 15 is 0 Å². The molecule has 0 bridgehead atoms. The van der Waals surface area contributed by atoms with Crippen molar-refractivity contribution < 1.29 is 18.3 Å². The number of carbonyl (C=O) groups is 1. The maximum atomic E-state index is 12.8. The molecule has 1 aliphatic carbocycles. The Labute approximate surface area is 139 Å². The molecule has 1 saturated carbocycles. The summed E-state index contributed by atoms with van der Waals surface area (Å²) in [4.78, 5) is 11.2. The van der Waals surface area contributed by atoms with Gasteiger partial charge in [0.25, 0.3) is 10.2 Å². The van der Waals surface area contributed by atoms with E-state index in [1.54, 1.807) is 4.31 Å². The van der Waals surface area contributed by atoms with Crippen LogP contribution in [0.4, 0.5) is 0 Å². The molecule has 23 heavy (non-hydrogen) atoms. The first-order chi connectivity index (χ1) is 10.9. The number of piperidine rings is 2. The van der Waals surface area contributed by atoms with Crippen LogP contribution in [0.15, 0.2) is 0 Å². The van der Waals surface area contributed by atoms with Crippen LogP contribution in [0.3, 0.4) is 0 Å². The molecule has 3 fully saturated rings. The number of aliphatic carboxylic acids is 1. The van der Waals surface area contributed by atoms with Gasteiger partial charge < -0.3 is 5.11 Å². The molecule has 6 nitrogen and oxygen atoms in total. The normalized spacial score (nSPS) is 30.3. The lowest BCUT2D eigenvalue weighted by Crippen LogP contribution is -2.52. The zero-order valence-corrected chi connectivity index (χ0v) is 14.6. The zero-order valence-electron chi connectivity index (χ0n) is 13.7. The maximum Gasteiger partial charge on any atom is 0.307 e. The van der Waals surface area contributed by atoms with Gasteiger partial charge >= 0.3 is 5.97 Å². The Balaban J connectivity index is 1.63. The smallest absolute Gasteiger partial charge is 0.307 e. The van der Waals surface area contributed by atoms with Crippen molar-refractivity contribution in [2.75, 3.05) is 26.2 Å². The zero-order chi connectivity index (χ0) is 16.5. The SMILES string of the molecule is O=C(O)C1CCCN(S(=O)(=O)N2CCC3(CCCCC3)CC2)C1. The first-order valence-electron chi connectivity index (χ1n) is 8.91. The molecule has 1 spiro atoms. The number of hydrogen-bond donors (Lipinski definition) is 1. The van der Waals surface area contributed by atoms with Crippen molar-refractivity contribution in [3.05, 3.63) is 0 Å². The van der Waals surface area contributed by atoms with Gasteiger partial charge in [-0.3, -0.25) is 4.79 Å². The largest absolute Gasteiger partial charge is 0.481 e. The van der Waals surface area contributed by atoms with Gasteiger partial charge in [-0.1, -0.05) is 19.3 Å². The Morgan fingerprint density at radius 1 is 0.913 bits per heavy atom. The number of nitrogens with zero attached hydrogens (tertiary/aromatic N) is 2. The maximum absolute atomic E-state index is 12.8. The van der Waals surface area contributed by atoms with Crippen molar-refractivity contribution in [1.82, 2.24) is 8.61 Å². The molecule has 2 heterocycles. The lowest BCUT2D eigenvalue weighted by molar-refractivity contribution is -0.142. The van der Waals surface area contributed by atoms with Crippen molar-refractivity contribution in [3.8, 4) is 0 Å². The van der Waals surface area contributed by atoms with E-state index in [1.807, 2.05) is 0 Å². The summed E-state index contributed by atoms with van der Waals surface area (Å²) < 4.78 is 28.7. The van der Waals surface area contributed by atoms with Crippen LogP contribution in [-0.4, -0.2) is 54.3 Å². The molecule has 3 rings (SSSR count). The van der Waals surface area contributed by atoms with E-state index < -0.39 is 22.1 Å². The predicted octanol–water partition coefficient (Wildman–Crippen LogP) is 2.07. The number of rotatable bonds is 3. The van der Waals surface area contributed by atoms with E-state index in [-0.39, 0.29) is 6.54 Å². The monoisotopic (exact) mass is 344 g/mol. The minimum atomic E-state index is -3.50. The number of carboxylic acid groups (broad SMARTS) is 1. The first kappa shape index (κ1) is 17.2. The predicted molar refractivity (Wildman–Crippen MR) is 87.2 cm³/mol. The molecular weight excluding hydrogens is 316 g/mol. The molecular formula is C16H28N2O4S. The molecule has 0 amide bonds. The van der Waals surface area contributed by atoms with Crippen LogP contribution in [0.25, 0.3) is 0 Å². The van der Waals surface area contributed by atoms with Gasteiger partial charge in [-0.25, -0.2) is 0 Å². The Hall–Kier alpha value is -0.660. The van der Waals surface area contributed by atoms with Crippen LogP contribution >= 0.6 is 0 Å². The van der Waals surface area contributed by atoms with Gasteiger partial charge in [0.15, 0.2) is 0 Å². The van der Waals surface area contributed by atoms with Crippen LogP contribution in [-0.2, 0) is 15.0 Å². The third kappa shape index (κ3) is 3.56. The minimum absolute atomic E-state index is 0.124. The van der Waals surface area contributed by atoms with E-state index in [0.29, 0.717) is 37.9 Å². The fraction of sp³-hybridized carbons (Fsp3) is 0.938. The molecule has 7 heteroatoms. The molecule has 3 aliphatic rings. The number of carboxylic acids is 1. The van der Waals surface area contributed by atoms with Gasteiger partial charge in [0.2, 0.25) is 0 Å². The number of hydrogen-bond acceptors (Lipinski definition) is 3. The molecule has 2 saturated heterocycles. The summed E-state index contributed by atoms with van der Waals surface area (Å²) in [7, 11) is -3.50. The third-order valence-corrected chi connectivity index (χ3v) is 8.09. The molecule has 132 valence electrons. The summed E-state index contributed by atoms with van der Waals surface area (Å²) in [5.41, 5.74) is 0.371. The lowest BCUT2D eigenvalue weighted by atomic mass is 9.68. The summed E-state index contributed by atoms with van der Waals surface area (Å²) in [6.45, 7) is 1.76. The molecule has 1 unspecified atom stereocenters. The third-order valence-electron chi connectivity index (χ3n) is 6.08. The van der Waals surface area contributed by atoms with Gasteiger partial charge in [0.1, 0.15) is 0 Å². The van der Waals surface area contributed by atoms with Crippen LogP contribution in [0, 0.1) is 11.3 Å². The van der Waals surface area contributed by atoms with Gasteiger partial charge in [0.05, 0.1) is 5.92 Å². The first-order valence-corrected chi connectivity index (χ1v) is 10.3. The fourth-order valence-corrected chi connectivity index (χ4v) is 6.21. The summed E-state index contributed by atoms with van der Waals surface area (Å²) in [5.74, 6) is -1.45. The van der Waals surface area contributed by atoms with E-state index in [0.717, 1.165) is 12.8 Å². The highest BCUT2D eigenvalue weighted by Crippen LogP contribution is 2.45. The minimum Gasteiger partial charge on any atom is -0.481 e. The summed E-state index contributed by atoms with van der Waals surface area (Å²) >= 11 is 0. The molecule has 2 aliphatic heterocycles. The summed E-state index contributed by atoms with van der Waals surface area (Å²) in [5, 5.41) is 9.16. The highest BCUT2D eigenvalue weighted by Gasteiger charge is 2.41. The molecule has 0 radical (unpaired) electrons. The highest BCUT2D eigenvalue weighted by atomic mass is 32.2. The van der Waals surface area contributed by atoms with Crippen molar-refractivity contribution in [2.24, 2.45) is 11.3 Å². The quantitative estimate of drug-likeness (QED) is 0.850. The van der Waals surface area contributed by atoms with E-state index in [9.17, 15) is 13.2 Å². The summed E-state index contributed by atoms with van der Waals surface area (Å²) in [6.07, 6.45) is 9.48. The Morgan fingerprint density at radius 2 is 1.57 bits per heavy atom. The Morgan fingerprint density at radius 3 is 2.17 bits per heavy atom. The van der Waals surface area contributed by atoms with Crippen LogP contribution in [0.2, 0.25) is 0 Å². The van der Waals surface area contributed by atoms with Crippen LogP contribution < -0.4 is 0 Å². The highest BCUT2D eigenvalue weighted by molar-refractivity contribution is 7.86. The second-order valence-corrected chi connectivity index (χ2v) is 9.43. The fourth-order valence-electron chi connectivity index (χ4n) is 4.51. The van der Waals surface area contributed by atoms with Gasteiger partial charge in [-0.15, -0.1) is 0 Å².